The first kappa shape index (κ1) is 20.0. The zero-order valence-corrected chi connectivity index (χ0v) is 17.1. The second-order valence-corrected chi connectivity index (χ2v) is 9.15. The number of aliphatic carboxylic acids is 1. The van der Waals surface area contributed by atoms with Gasteiger partial charge in [-0.15, -0.1) is 0 Å². The van der Waals surface area contributed by atoms with Gasteiger partial charge in [-0.25, -0.2) is 4.79 Å². The molecule has 158 valence electrons. The Morgan fingerprint density at radius 2 is 1.86 bits per heavy atom. The van der Waals surface area contributed by atoms with E-state index in [9.17, 15) is 9.59 Å². The predicted octanol–water partition coefficient (Wildman–Crippen LogP) is 4.12. The van der Waals surface area contributed by atoms with Crippen molar-refractivity contribution in [1.82, 2.24) is 4.90 Å². The number of carbonyl (C=O) groups excluding carboxylic acids is 1. The Morgan fingerprint density at radius 1 is 1.17 bits per heavy atom. The van der Waals surface area contributed by atoms with E-state index in [1.807, 2.05) is 36.1 Å². The first-order valence-electron chi connectivity index (χ1n) is 10.8. The van der Waals surface area contributed by atoms with Gasteiger partial charge in [-0.05, 0) is 80.9 Å². The topological polar surface area (TPSA) is 76.1 Å². The highest BCUT2D eigenvalue weighted by Crippen LogP contribution is 2.50. The third kappa shape index (κ3) is 5.43. The summed E-state index contributed by atoms with van der Waals surface area (Å²) in [5, 5.41) is 8.81. The molecule has 6 heteroatoms. The molecule has 1 aromatic rings. The summed E-state index contributed by atoms with van der Waals surface area (Å²) in [4.78, 5) is 24.8. The van der Waals surface area contributed by atoms with E-state index >= 15 is 0 Å². The first-order chi connectivity index (χ1) is 13.9. The molecule has 6 nitrogen and oxygen atoms in total. The van der Waals surface area contributed by atoms with E-state index in [0.717, 1.165) is 74.3 Å². The highest BCUT2D eigenvalue weighted by molar-refractivity contribution is 5.70. The van der Waals surface area contributed by atoms with E-state index in [0.29, 0.717) is 6.61 Å². The van der Waals surface area contributed by atoms with Gasteiger partial charge in [0.25, 0.3) is 0 Å². The van der Waals surface area contributed by atoms with Crippen LogP contribution in [0.3, 0.4) is 0 Å². The second kappa shape index (κ2) is 8.25. The second-order valence-electron chi connectivity index (χ2n) is 9.15. The van der Waals surface area contributed by atoms with Gasteiger partial charge in [-0.3, -0.25) is 4.79 Å². The van der Waals surface area contributed by atoms with Crippen molar-refractivity contribution in [1.29, 1.82) is 0 Å². The number of carboxylic acids is 1. The Labute approximate surface area is 172 Å². The Bertz CT molecular complexity index is 734. The van der Waals surface area contributed by atoms with Crippen LogP contribution in [0.5, 0.6) is 5.75 Å². The zero-order valence-electron chi connectivity index (χ0n) is 17.1. The Morgan fingerprint density at radius 3 is 2.48 bits per heavy atom. The Hall–Kier alpha value is -2.24. The summed E-state index contributed by atoms with van der Waals surface area (Å²) in [6.45, 7) is 4.35. The van der Waals surface area contributed by atoms with E-state index < -0.39 is 5.97 Å². The van der Waals surface area contributed by atoms with Crippen LogP contribution in [-0.4, -0.2) is 47.4 Å². The molecule has 4 rings (SSSR count). The van der Waals surface area contributed by atoms with E-state index in [-0.39, 0.29) is 18.1 Å². The number of rotatable bonds is 8. The first-order valence-corrected chi connectivity index (χ1v) is 10.8. The molecule has 2 saturated carbocycles. The molecule has 0 spiro atoms. The van der Waals surface area contributed by atoms with Crippen molar-refractivity contribution >= 4 is 12.1 Å². The summed E-state index contributed by atoms with van der Waals surface area (Å²) in [7, 11) is 0. The summed E-state index contributed by atoms with van der Waals surface area (Å²) in [6.07, 6.45) is 6.40. The van der Waals surface area contributed by atoms with E-state index in [1.54, 1.807) is 0 Å². The van der Waals surface area contributed by atoms with Crippen molar-refractivity contribution in [2.24, 2.45) is 17.8 Å². The minimum Gasteiger partial charge on any atom is -0.494 e. The minimum absolute atomic E-state index is 0.0416. The number of ether oxygens (including phenoxy) is 2. The molecular weight excluding hydrogens is 370 g/mol. The molecule has 0 aromatic heterocycles. The van der Waals surface area contributed by atoms with E-state index in [1.165, 1.54) is 6.42 Å². The molecule has 29 heavy (non-hydrogen) atoms. The standard InChI is InChI=1S/C23H31NO5/c1-23(9-10-23)29-22(27)24-11-6-17(7-12-24)20-15-18(20)8-13-28-19-4-2-16(3-5-19)14-21(25)26/h2-5,17-18,20H,6-15H2,1H3,(H,25,26)/t18-,20-/m1/s1. The number of amides is 1. The third-order valence-electron chi connectivity index (χ3n) is 6.70. The minimum atomic E-state index is -0.821. The van der Waals surface area contributed by atoms with Crippen LogP contribution in [0.15, 0.2) is 24.3 Å². The molecule has 1 saturated heterocycles. The van der Waals surface area contributed by atoms with Gasteiger partial charge in [-0.1, -0.05) is 12.1 Å². The van der Waals surface area contributed by atoms with Crippen LogP contribution in [0.25, 0.3) is 0 Å². The number of carboxylic acid groups (broad SMARTS) is 1. The molecule has 1 aromatic carbocycles. The predicted molar refractivity (Wildman–Crippen MR) is 108 cm³/mol. The largest absolute Gasteiger partial charge is 0.494 e. The van der Waals surface area contributed by atoms with Crippen LogP contribution in [0.4, 0.5) is 4.79 Å². The lowest BCUT2D eigenvalue weighted by Gasteiger charge is -2.32. The molecule has 2 atom stereocenters. The summed E-state index contributed by atoms with van der Waals surface area (Å²) < 4.78 is 11.4. The smallest absolute Gasteiger partial charge is 0.410 e. The number of hydrogen-bond acceptors (Lipinski definition) is 4. The highest BCUT2D eigenvalue weighted by atomic mass is 16.6. The van der Waals surface area contributed by atoms with Crippen molar-refractivity contribution in [3.05, 3.63) is 29.8 Å². The number of piperidine rings is 1. The summed E-state index contributed by atoms with van der Waals surface area (Å²) in [5.74, 6) is 2.20. The van der Waals surface area contributed by atoms with Gasteiger partial charge in [0, 0.05) is 13.1 Å². The van der Waals surface area contributed by atoms with Crippen molar-refractivity contribution in [3.63, 3.8) is 0 Å². The number of likely N-dealkylation sites (tertiary alicyclic amines) is 1. The number of hydrogen-bond donors (Lipinski definition) is 1. The molecule has 0 bridgehead atoms. The molecule has 0 radical (unpaired) electrons. The Balaban J connectivity index is 1.12. The van der Waals surface area contributed by atoms with Crippen molar-refractivity contribution < 1.29 is 24.2 Å². The highest BCUT2D eigenvalue weighted by Gasteiger charge is 2.45. The molecular formula is C23H31NO5. The van der Waals surface area contributed by atoms with Crippen molar-refractivity contribution in [2.45, 2.75) is 57.5 Å². The van der Waals surface area contributed by atoms with Gasteiger partial charge in [0.2, 0.25) is 0 Å². The van der Waals surface area contributed by atoms with Crippen molar-refractivity contribution in [3.8, 4) is 5.75 Å². The molecule has 1 N–H and O–H groups in total. The maximum Gasteiger partial charge on any atom is 0.410 e. The van der Waals surface area contributed by atoms with Gasteiger partial charge in [0.05, 0.1) is 13.0 Å². The van der Waals surface area contributed by atoms with Crippen molar-refractivity contribution in [2.75, 3.05) is 19.7 Å². The fourth-order valence-electron chi connectivity index (χ4n) is 4.45. The lowest BCUT2D eigenvalue weighted by molar-refractivity contribution is -0.136. The number of benzene rings is 1. The SMILES string of the molecule is CC1(OC(=O)N2CCC([C@H]3C[C@H]3CCOc3ccc(CC(=O)O)cc3)CC2)CC1. The van der Waals surface area contributed by atoms with Gasteiger partial charge in [0.1, 0.15) is 11.4 Å². The van der Waals surface area contributed by atoms with Gasteiger partial charge in [0.15, 0.2) is 0 Å². The van der Waals surface area contributed by atoms with E-state index in [2.05, 4.69) is 0 Å². The van der Waals surface area contributed by atoms with Crippen LogP contribution < -0.4 is 4.74 Å². The quantitative estimate of drug-likeness (QED) is 0.709. The zero-order chi connectivity index (χ0) is 20.4. The van der Waals surface area contributed by atoms with Crippen LogP contribution in [0.2, 0.25) is 0 Å². The normalized spacial score (nSPS) is 25.3. The molecule has 3 aliphatic rings. The lowest BCUT2D eigenvalue weighted by atomic mass is 9.91. The molecule has 2 aliphatic carbocycles. The van der Waals surface area contributed by atoms with Crippen LogP contribution in [-0.2, 0) is 16.0 Å². The molecule has 1 aliphatic heterocycles. The Kier molecular flexibility index (Phi) is 5.70. The summed E-state index contributed by atoms with van der Waals surface area (Å²) in [5.41, 5.74) is 0.597. The number of nitrogens with zero attached hydrogens (tertiary/aromatic N) is 1. The maximum atomic E-state index is 12.2. The average Bonchev–Trinajstić information content (AvgIpc) is 3.61. The van der Waals surface area contributed by atoms with Gasteiger partial charge in [-0.2, -0.15) is 0 Å². The lowest BCUT2D eigenvalue weighted by Crippen LogP contribution is -2.40. The summed E-state index contributed by atoms with van der Waals surface area (Å²) in [6, 6.07) is 7.32. The number of carbonyl (C=O) groups is 2. The molecule has 1 amide bonds. The van der Waals surface area contributed by atoms with Crippen LogP contribution in [0.1, 0.15) is 51.0 Å². The third-order valence-corrected chi connectivity index (χ3v) is 6.70. The maximum absolute atomic E-state index is 12.2. The van der Waals surface area contributed by atoms with Crippen LogP contribution in [0, 0.1) is 17.8 Å². The summed E-state index contributed by atoms with van der Waals surface area (Å²) >= 11 is 0. The average molecular weight is 402 g/mol. The van der Waals surface area contributed by atoms with Crippen LogP contribution >= 0.6 is 0 Å². The molecule has 1 heterocycles. The molecule has 3 fully saturated rings. The van der Waals surface area contributed by atoms with Gasteiger partial charge < -0.3 is 19.5 Å². The monoisotopic (exact) mass is 401 g/mol. The molecule has 0 unspecified atom stereocenters. The fraction of sp³-hybridized carbons (Fsp3) is 0.652. The fourth-order valence-corrected chi connectivity index (χ4v) is 4.45. The van der Waals surface area contributed by atoms with Gasteiger partial charge >= 0.3 is 12.1 Å². The van der Waals surface area contributed by atoms with E-state index in [4.69, 9.17) is 14.6 Å².